The summed E-state index contributed by atoms with van der Waals surface area (Å²) >= 11 is 0. The lowest BCUT2D eigenvalue weighted by molar-refractivity contribution is -0.153. The highest BCUT2D eigenvalue weighted by Crippen LogP contribution is 2.42. The van der Waals surface area contributed by atoms with Gasteiger partial charge in [-0.05, 0) is 42.7 Å². The van der Waals surface area contributed by atoms with Gasteiger partial charge in [0.1, 0.15) is 5.82 Å². The highest BCUT2D eigenvalue weighted by molar-refractivity contribution is 5.96. The summed E-state index contributed by atoms with van der Waals surface area (Å²) < 4.78 is 19.2. The van der Waals surface area contributed by atoms with Crippen molar-refractivity contribution in [2.45, 2.75) is 37.5 Å². The molecule has 1 saturated carbocycles. The van der Waals surface area contributed by atoms with Gasteiger partial charge in [0, 0.05) is 12.2 Å². The van der Waals surface area contributed by atoms with Crippen LogP contribution in [-0.4, -0.2) is 25.0 Å². The Morgan fingerprint density at radius 2 is 1.83 bits per heavy atom. The van der Waals surface area contributed by atoms with Crippen LogP contribution in [0.4, 0.5) is 10.1 Å². The number of nitrogens with zero attached hydrogens (tertiary/aromatic N) is 2. The molecule has 2 aromatic carbocycles. The van der Waals surface area contributed by atoms with E-state index in [9.17, 15) is 14.0 Å². The predicted molar refractivity (Wildman–Crippen MR) is 107 cm³/mol. The number of halogens is 1. The van der Waals surface area contributed by atoms with Gasteiger partial charge in [0.05, 0.1) is 17.9 Å². The molecular formula is C23H23FN2O3. The van der Waals surface area contributed by atoms with Crippen LogP contribution in [-0.2, 0) is 19.7 Å². The second kappa shape index (κ2) is 9.33. The molecule has 0 N–H and O–H groups in total. The van der Waals surface area contributed by atoms with Gasteiger partial charge in [-0.3, -0.25) is 9.59 Å². The lowest BCUT2D eigenvalue weighted by Crippen LogP contribution is -2.39. The fourth-order valence-corrected chi connectivity index (χ4v) is 3.89. The fraction of sp³-hybridized carbons (Fsp3) is 0.348. The minimum Gasteiger partial charge on any atom is -0.455 e. The van der Waals surface area contributed by atoms with Crippen LogP contribution in [0.1, 0.15) is 37.7 Å². The van der Waals surface area contributed by atoms with E-state index in [2.05, 4.69) is 0 Å². The number of para-hydroxylation sites is 1. The van der Waals surface area contributed by atoms with E-state index < -0.39 is 29.7 Å². The van der Waals surface area contributed by atoms with Crippen molar-refractivity contribution in [3.8, 4) is 6.07 Å². The summed E-state index contributed by atoms with van der Waals surface area (Å²) in [5.74, 6) is -1.29. The second-order valence-corrected chi connectivity index (χ2v) is 7.16. The first-order valence-electron chi connectivity index (χ1n) is 9.72. The Morgan fingerprint density at radius 1 is 1.10 bits per heavy atom. The maximum Gasteiger partial charge on any atom is 0.317 e. The minimum atomic E-state index is -0.910. The second-order valence-electron chi connectivity index (χ2n) is 7.16. The van der Waals surface area contributed by atoms with Crippen LogP contribution in [0.25, 0.3) is 0 Å². The van der Waals surface area contributed by atoms with Gasteiger partial charge in [-0.1, -0.05) is 43.2 Å². The van der Waals surface area contributed by atoms with Gasteiger partial charge in [0.2, 0.25) is 0 Å². The summed E-state index contributed by atoms with van der Waals surface area (Å²) in [6.07, 6.45) is 3.00. The topological polar surface area (TPSA) is 70.4 Å². The largest absolute Gasteiger partial charge is 0.455 e. The molecule has 1 aliphatic carbocycles. The van der Waals surface area contributed by atoms with Crippen molar-refractivity contribution in [2.24, 2.45) is 0 Å². The van der Waals surface area contributed by atoms with Gasteiger partial charge in [-0.2, -0.15) is 5.26 Å². The van der Waals surface area contributed by atoms with E-state index in [1.807, 2.05) is 12.1 Å². The Hall–Kier alpha value is -3.20. The summed E-state index contributed by atoms with van der Waals surface area (Å²) in [5, 5.41) is 8.88. The van der Waals surface area contributed by atoms with Crippen LogP contribution in [0.15, 0.2) is 54.6 Å². The standard InChI is InChI=1S/C23H23FN2O3/c24-19-9-6-8-18(16-19)23(12-4-5-13-23)22(28)29-17-21(27)26(15-7-14-25)20-10-2-1-3-11-20/h1-3,6,8-11,16H,4-5,7,12-13,15,17H2. The van der Waals surface area contributed by atoms with Crippen LogP contribution < -0.4 is 4.90 Å². The number of rotatable bonds is 7. The van der Waals surface area contributed by atoms with E-state index in [0.29, 0.717) is 24.1 Å². The van der Waals surface area contributed by atoms with Crippen molar-refractivity contribution in [3.05, 3.63) is 66.0 Å². The summed E-state index contributed by atoms with van der Waals surface area (Å²) in [6, 6.07) is 17.0. The molecule has 0 radical (unpaired) electrons. The number of amides is 1. The van der Waals surface area contributed by atoms with Crippen LogP contribution in [0.3, 0.4) is 0 Å². The fourth-order valence-electron chi connectivity index (χ4n) is 3.89. The highest BCUT2D eigenvalue weighted by Gasteiger charge is 2.44. The SMILES string of the molecule is N#CCCN(C(=O)COC(=O)C1(c2cccc(F)c2)CCCC1)c1ccccc1. The van der Waals surface area contributed by atoms with Gasteiger partial charge in [-0.25, -0.2) is 4.39 Å². The Labute approximate surface area is 169 Å². The van der Waals surface area contributed by atoms with Crippen molar-refractivity contribution in [2.75, 3.05) is 18.1 Å². The number of carbonyl (C=O) groups is 2. The van der Waals surface area contributed by atoms with Crippen LogP contribution in [0.5, 0.6) is 0 Å². The molecule has 1 aliphatic rings. The maximum atomic E-state index is 13.7. The molecule has 0 unspecified atom stereocenters. The molecule has 29 heavy (non-hydrogen) atoms. The molecule has 6 heteroatoms. The predicted octanol–water partition coefficient (Wildman–Crippen LogP) is 4.13. The zero-order valence-corrected chi connectivity index (χ0v) is 16.1. The van der Waals surface area contributed by atoms with E-state index in [0.717, 1.165) is 12.8 Å². The summed E-state index contributed by atoms with van der Waals surface area (Å²) in [5.41, 5.74) is 0.327. The molecule has 3 rings (SSSR count). The van der Waals surface area contributed by atoms with Gasteiger partial charge in [0.25, 0.3) is 5.91 Å². The molecule has 0 heterocycles. The Morgan fingerprint density at radius 3 is 2.48 bits per heavy atom. The van der Waals surface area contributed by atoms with E-state index in [4.69, 9.17) is 10.00 Å². The van der Waals surface area contributed by atoms with E-state index in [1.54, 1.807) is 36.4 Å². The van der Waals surface area contributed by atoms with E-state index in [-0.39, 0.29) is 13.0 Å². The first-order valence-corrected chi connectivity index (χ1v) is 9.72. The highest BCUT2D eigenvalue weighted by atomic mass is 19.1. The third kappa shape index (κ3) is 4.62. The number of hydrogen-bond acceptors (Lipinski definition) is 4. The molecule has 2 aromatic rings. The van der Waals surface area contributed by atoms with Crippen LogP contribution >= 0.6 is 0 Å². The van der Waals surface area contributed by atoms with Gasteiger partial charge >= 0.3 is 5.97 Å². The van der Waals surface area contributed by atoms with Crippen LogP contribution in [0.2, 0.25) is 0 Å². The van der Waals surface area contributed by atoms with Crippen molar-refractivity contribution < 1.29 is 18.7 Å². The number of nitriles is 1. The van der Waals surface area contributed by atoms with E-state index >= 15 is 0 Å². The lowest BCUT2D eigenvalue weighted by Gasteiger charge is -2.28. The maximum absolute atomic E-state index is 13.7. The Bertz CT molecular complexity index is 902. The van der Waals surface area contributed by atoms with Crippen molar-refractivity contribution in [1.82, 2.24) is 0 Å². The van der Waals surface area contributed by atoms with Gasteiger partial charge < -0.3 is 9.64 Å². The van der Waals surface area contributed by atoms with Gasteiger partial charge in [-0.15, -0.1) is 0 Å². The van der Waals surface area contributed by atoms with Crippen molar-refractivity contribution in [3.63, 3.8) is 0 Å². The zero-order valence-electron chi connectivity index (χ0n) is 16.1. The molecule has 0 atom stereocenters. The Balaban J connectivity index is 1.73. The molecule has 0 aliphatic heterocycles. The third-order valence-corrected chi connectivity index (χ3v) is 5.37. The third-order valence-electron chi connectivity index (χ3n) is 5.37. The molecule has 1 fully saturated rings. The molecule has 0 saturated heterocycles. The van der Waals surface area contributed by atoms with E-state index in [1.165, 1.54) is 17.0 Å². The number of anilines is 1. The van der Waals surface area contributed by atoms with Gasteiger partial charge in [0.15, 0.2) is 6.61 Å². The number of carbonyl (C=O) groups excluding carboxylic acids is 2. The number of hydrogen-bond donors (Lipinski definition) is 0. The quantitative estimate of drug-likeness (QED) is 0.662. The number of esters is 1. The first kappa shape index (κ1) is 20.5. The Kier molecular flexibility index (Phi) is 6.61. The molecular weight excluding hydrogens is 371 g/mol. The summed E-state index contributed by atoms with van der Waals surface area (Å²) in [4.78, 5) is 27.2. The molecule has 0 spiro atoms. The minimum absolute atomic E-state index is 0.168. The summed E-state index contributed by atoms with van der Waals surface area (Å²) in [6.45, 7) is -0.206. The lowest BCUT2D eigenvalue weighted by atomic mass is 9.79. The van der Waals surface area contributed by atoms with Crippen molar-refractivity contribution in [1.29, 1.82) is 5.26 Å². The molecule has 0 bridgehead atoms. The molecule has 1 amide bonds. The summed E-state index contributed by atoms with van der Waals surface area (Å²) in [7, 11) is 0. The molecule has 150 valence electrons. The van der Waals surface area contributed by atoms with Crippen molar-refractivity contribution >= 4 is 17.6 Å². The average Bonchev–Trinajstić information content (AvgIpc) is 3.24. The molecule has 0 aromatic heterocycles. The van der Waals surface area contributed by atoms with Crippen LogP contribution in [0, 0.1) is 17.1 Å². The number of benzene rings is 2. The first-order chi connectivity index (χ1) is 14.1. The normalized spacial score (nSPS) is 14.8. The number of ether oxygens (including phenoxy) is 1. The monoisotopic (exact) mass is 394 g/mol. The smallest absolute Gasteiger partial charge is 0.317 e. The average molecular weight is 394 g/mol. The zero-order chi connectivity index (χ0) is 20.7. The molecule has 5 nitrogen and oxygen atoms in total.